The minimum atomic E-state index is 0.561. The summed E-state index contributed by atoms with van der Waals surface area (Å²) in [5.74, 6) is 0.948. The highest BCUT2D eigenvalue weighted by Gasteiger charge is 2.17. The molecule has 0 saturated carbocycles. The van der Waals surface area contributed by atoms with Crippen molar-refractivity contribution in [3.8, 4) is 5.75 Å². The topological polar surface area (TPSA) is 41.7 Å². The summed E-state index contributed by atoms with van der Waals surface area (Å²) in [6.07, 6.45) is 0. The lowest BCUT2D eigenvalue weighted by molar-refractivity contribution is 0.296. The van der Waals surface area contributed by atoms with Gasteiger partial charge in [0.05, 0.1) is 5.69 Å². The van der Waals surface area contributed by atoms with Gasteiger partial charge in [-0.2, -0.15) is 0 Å². The van der Waals surface area contributed by atoms with Crippen LogP contribution in [-0.2, 0) is 6.61 Å². The lowest BCUT2D eigenvalue weighted by atomic mass is 10.2. The van der Waals surface area contributed by atoms with Crippen LogP contribution in [0.4, 0.5) is 11.4 Å². The van der Waals surface area contributed by atoms with E-state index in [1.165, 1.54) is 5.69 Å². The summed E-state index contributed by atoms with van der Waals surface area (Å²) in [5.41, 5.74) is 8.81. The Morgan fingerprint density at radius 2 is 1.64 bits per heavy atom. The van der Waals surface area contributed by atoms with Crippen LogP contribution >= 0.6 is 0 Å². The SMILES string of the molecule is CN1CCN(c2ccccc2OCc2ccc(N)cc2)CC1. The van der Waals surface area contributed by atoms with Gasteiger partial charge >= 0.3 is 0 Å². The predicted molar refractivity (Wildman–Crippen MR) is 91.3 cm³/mol. The molecule has 4 heteroatoms. The minimum Gasteiger partial charge on any atom is -0.487 e. The van der Waals surface area contributed by atoms with Crippen LogP contribution in [0.25, 0.3) is 0 Å². The van der Waals surface area contributed by atoms with Gasteiger partial charge in [0.25, 0.3) is 0 Å². The smallest absolute Gasteiger partial charge is 0.143 e. The molecule has 116 valence electrons. The lowest BCUT2D eigenvalue weighted by Gasteiger charge is -2.34. The van der Waals surface area contributed by atoms with E-state index in [2.05, 4.69) is 29.0 Å². The fourth-order valence-electron chi connectivity index (χ4n) is 2.66. The number of piperazine rings is 1. The molecule has 0 unspecified atom stereocenters. The number of nitrogen functional groups attached to an aromatic ring is 1. The third-order valence-electron chi connectivity index (χ3n) is 4.08. The maximum Gasteiger partial charge on any atom is 0.143 e. The second-order valence-electron chi connectivity index (χ2n) is 5.79. The maximum absolute atomic E-state index is 6.05. The average Bonchev–Trinajstić information content (AvgIpc) is 2.55. The number of anilines is 2. The number of rotatable bonds is 4. The van der Waals surface area contributed by atoms with Crippen molar-refractivity contribution < 1.29 is 4.74 Å². The Kier molecular flexibility index (Phi) is 4.49. The maximum atomic E-state index is 6.05. The summed E-state index contributed by atoms with van der Waals surface area (Å²) in [7, 11) is 2.17. The van der Waals surface area contributed by atoms with Crippen LogP contribution < -0.4 is 15.4 Å². The molecule has 3 rings (SSSR count). The molecular formula is C18H23N3O. The molecular weight excluding hydrogens is 274 g/mol. The Morgan fingerprint density at radius 3 is 2.36 bits per heavy atom. The summed E-state index contributed by atoms with van der Waals surface area (Å²) < 4.78 is 6.05. The number of para-hydroxylation sites is 2. The van der Waals surface area contributed by atoms with Crippen LogP contribution in [0, 0.1) is 0 Å². The normalized spacial score (nSPS) is 15.8. The molecule has 0 amide bonds. The first-order chi connectivity index (χ1) is 10.7. The molecule has 22 heavy (non-hydrogen) atoms. The van der Waals surface area contributed by atoms with E-state index < -0.39 is 0 Å². The summed E-state index contributed by atoms with van der Waals surface area (Å²) in [4.78, 5) is 4.76. The van der Waals surface area contributed by atoms with Crippen LogP contribution in [0.2, 0.25) is 0 Å². The highest BCUT2D eigenvalue weighted by molar-refractivity contribution is 5.58. The summed E-state index contributed by atoms with van der Waals surface area (Å²) >= 11 is 0. The van der Waals surface area contributed by atoms with Crippen molar-refractivity contribution in [3.05, 3.63) is 54.1 Å². The molecule has 1 saturated heterocycles. The van der Waals surface area contributed by atoms with E-state index in [4.69, 9.17) is 10.5 Å². The Morgan fingerprint density at radius 1 is 0.955 bits per heavy atom. The quantitative estimate of drug-likeness (QED) is 0.881. The third kappa shape index (κ3) is 3.52. The molecule has 0 aliphatic carbocycles. The molecule has 1 fully saturated rings. The fourth-order valence-corrected chi connectivity index (χ4v) is 2.66. The number of hydrogen-bond donors (Lipinski definition) is 1. The molecule has 0 spiro atoms. The van der Waals surface area contributed by atoms with Gasteiger partial charge in [-0.15, -0.1) is 0 Å². The Bertz CT molecular complexity index is 604. The van der Waals surface area contributed by atoms with Crippen LogP contribution in [-0.4, -0.2) is 38.1 Å². The highest BCUT2D eigenvalue weighted by atomic mass is 16.5. The van der Waals surface area contributed by atoms with E-state index in [0.717, 1.165) is 43.2 Å². The number of nitrogens with zero attached hydrogens (tertiary/aromatic N) is 2. The number of benzene rings is 2. The second-order valence-corrected chi connectivity index (χ2v) is 5.79. The first kappa shape index (κ1) is 14.7. The summed E-state index contributed by atoms with van der Waals surface area (Å²) in [6.45, 7) is 4.82. The van der Waals surface area contributed by atoms with Crippen LogP contribution in [0.3, 0.4) is 0 Å². The monoisotopic (exact) mass is 297 g/mol. The number of likely N-dealkylation sites (N-methyl/N-ethyl adjacent to an activating group) is 1. The van der Waals surface area contributed by atoms with Crippen molar-refractivity contribution in [2.24, 2.45) is 0 Å². The highest BCUT2D eigenvalue weighted by Crippen LogP contribution is 2.29. The number of hydrogen-bond acceptors (Lipinski definition) is 4. The molecule has 0 aromatic heterocycles. The first-order valence-electron chi connectivity index (χ1n) is 7.72. The van der Waals surface area contributed by atoms with Gasteiger partial charge in [0.2, 0.25) is 0 Å². The van der Waals surface area contributed by atoms with Gasteiger partial charge in [-0.25, -0.2) is 0 Å². The molecule has 1 aliphatic rings. The molecule has 1 aliphatic heterocycles. The van der Waals surface area contributed by atoms with E-state index in [1.54, 1.807) is 0 Å². The zero-order valence-electron chi connectivity index (χ0n) is 13.0. The predicted octanol–water partition coefficient (Wildman–Crippen LogP) is 2.60. The van der Waals surface area contributed by atoms with Gasteiger partial charge in [0.15, 0.2) is 0 Å². The van der Waals surface area contributed by atoms with Gasteiger partial charge < -0.3 is 20.3 Å². The Labute approximate surface area is 132 Å². The van der Waals surface area contributed by atoms with E-state index >= 15 is 0 Å². The van der Waals surface area contributed by atoms with Gasteiger partial charge in [0.1, 0.15) is 12.4 Å². The van der Waals surface area contributed by atoms with Crippen LogP contribution in [0.15, 0.2) is 48.5 Å². The third-order valence-corrected chi connectivity index (χ3v) is 4.08. The van der Waals surface area contributed by atoms with Gasteiger partial charge in [-0.1, -0.05) is 24.3 Å². The van der Waals surface area contributed by atoms with E-state index in [0.29, 0.717) is 6.61 Å². The summed E-state index contributed by atoms with van der Waals surface area (Å²) in [6, 6.07) is 16.1. The molecule has 1 heterocycles. The molecule has 2 aromatic carbocycles. The zero-order chi connectivity index (χ0) is 15.4. The molecule has 0 bridgehead atoms. The standard InChI is InChI=1S/C18H23N3O/c1-20-10-12-21(13-11-20)17-4-2-3-5-18(17)22-14-15-6-8-16(19)9-7-15/h2-9H,10-14,19H2,1H3. The van der Waals surface area contributed by atoms with E-state index in [-0.39, 0.29) is 0 Å². The van der Waals surface area contributed by atoms with Crippen molar-refractivity contribution in [2.75, 3.05) is 43.9 Å². The number of ether oxygens (including phenoxy) is 1. The van der Waals surface area contributed by atoms with Crippen molar-refractivity contribution >= 4 is 11.4 Å². The summed E-state index contributed by atoms with van der Waals surface area (Å²) in [5, 5.41) is 0. The van der Waals surface area contributed by atoms with Crippen molar-refractivity contribution in [1.82, 2.24) is 4.90 Å². The molecule has 0 atom stereocenters. The molecule has 2 N–H and O–H groups in total. The lowest BCUT2D eigenvalue weighted by Crippen LogP contribution is -2.44. The Balaban J connectivity index is 1.69. The van der Waals surface area contributed by atoms with E-state index in [9.17, 15) is 0 Å². The van der Waals surface area contributed by atoms with Gasteiger partial charge in [-0.3, -0.25) is 0 Å². The largest absolute Gasteiger partial charge is 0.487 e. The van der Waals surface area contributed by atoms with Crippen LogP contribution in [0.1, 0.15) is 5.56 Å². The van der Waals surface area contributed by atoms with Crippen molar-refractivity contribution in [2.45, 2.75) is 6.61 Å². The first-order valence-corrected chi connectivity index (χ1v) is 7.72. The number of nitrogens with two attached hydrogens (primary N) is 1. The zero-order valence-corrected chi connectivity index (χ0v) is 13.0. The van der Waals surface area contributed by atoms with Crippen molar-refractivity contribution in [1.29, 1.82) is 0 Å². The van der Waals surface area contributed by atoms with E-state index in [1.807, 2.05) is 36.4 Å². The average molecular weight is 297 g/mol. The molecule has 2 aromatic rings. The molecule has 4 nitrogen and oxygen atoms in total. The second kappa shape index (κ2) is 6.71. The minimum absolute atomic E-state index is 0.561. The van der Waals surface area contributed by atoms with Gasteiger partial charge in [0, 0.05) is 31.9 Å². The van der Waals surface area contributed by atoms with Gasteiger partial charge in [-0.05, 0) is 36.9 Å². The fraction of sp³-hybridized carbons (Fsp3) is 0.333. The van der Waals surface area contributed by atoms with Crippen molar-refractivity contribution in [3.63, 3.8) is 0 Å². The van der Waals surface area contributed by atoms with Crippen LogP contribution in [0.5, 0.6) is 5.75 Å². The Hall–Kier alpha value is -2.20. The molecule has 0 radical (unpaired) electrons.